The number of nitrogens with one attached hydrogen (secondary N) is 4. The Labute approximate surface area is 208 Å². The van der Waals surface area contributed by atoms with Crippen molar-refractivity contribution in [2.45, 2.75) is 57.7 Å². The van der Waals surface area contributed by atoms with Crippen LogP contribution in [0.2, 0.25) is 0 Å². The van der Waals surface area contributed by atoms with E-state index in [-0.39, 0.29) is 31.6 Å². The molecule has 0 bridgehead atoms. The number of aliphatic carboxylic acids is 1. The summed E-state index contributed by atoms with van der Waals surface area (Å²) in [6.45, 7) is 3.06. The largest absolute Gasteiger partial charge is 0.480 e. The third kappa shape index (κ3) is 8.69. The van der Waals surface area contributed by atoms with E-state index in [0.29, 0.717) is 0 Å². The first-order chi connectivity index (χ1) is 17.0. The third-order valence-corrected chi connectivity index (χ3v) is 5.52. The van der Waals surface area contributed by atoms with Crippen LogP contribution >= 0.6 is 0 Å². The Bertz CT molecular complexity index is 1100. The summed E-state index contributed by atoms with van der Waals surface area (Å²) >= 11 is 0. The standard InChI is InChI=1S/C24H34N6O6/c1-13(2)9-19(23(35)28-12-21(32)33)30-24(36)18(7-8-20(26)31)29-22(34)16(25)10-14-11-27-17-6-4-3-5-15(14)17/h3-6,11,13,16,18-19,27H,7-10,12,25H2,1-2H3,(H2,26,31)(H,28,35)(H,29,34)(H,30,36)(H,32,33). The van der Waals surface area contributed by atoms with Crippen LogP contribution in [-0.2, 0) is 30.4 Å². The Kier molecular flexibility index (Phi) is 10.4. The zero-order chi connectivity index (χ0) is 26.8. The number of rotatable bonds is 14. The van der Waals surface area contributed by atoms with Gasteiger partial charge in [0.2, 0.25) is 23.6 Å². The first-order valence-electron chi connectivity index (χ1n) is 11.7. The van der Waals surface area contributed by atoms with E-state index in [9.17, 15) is 24.0 Å². The van der Waals surface area contributed by atoms with Gasteiger partial charge < -0.3 is 37.5 Å². The number of primary amides is 1. The predicted octanol–water partition coefficient (Wildman–Crippen LogP) is -0.480. The van der Waals surface area contributed by atoms with Crippen molar-refractivity contribution in [3.8, 4) is 0 Å². The smallest absolute Gasteiger partial charge is 0.322 e. The van der Waals surface area contributed by atoms with Gasteiger partial charge in [0.1, 0.15) is 18.6 Å². The molecule has 12 nitrogen and oxygen atoms in total. The first kappa shape index (κ1) is 28.3. The molecule has 4 amide bonds. The molecule has 2 rings (SSSR count). The molecule has 1 aromatic heterocycles. The summed E-state index contributed by atoms with van der Waals surface area (Å²) in [6.07, 6.45) is 1.91. The maximum absolute atomic E-state index is 13.0. The number of aromatic nitrogens is 1. The van der Waals surface area contributed by atoms with E-state index < -0.39 is 54.3 Å². The minimum atomic E-state index is -1.23. The molecule has 0 saturated carbocycles. The number of carbonyl (C=O) groups is 5. The van der Waals surface area contributed by atoms with E-state index in [0.717, 1.165) is 16.5 Å². The van der Waals surface area contributed by atoms with E-state index in [1.165, 1.54) is 0 Å². The zero-order valence-corrected chi connectivity index (χ0v) is 20.4. The summed E-state index contributed by atoms with van der Waals surface area (Å²) in [6, 6.07) is 4.35. The van der Waals surface area contributed by atoms with Crippen molar-refractivity contribution in [1.82, 2.24) is 20.9 Å². The van der Waals surface area contributed by atoms with Crippen molar-refractivity contribution in [3.63, 3.8) is 0 Å². The van der Waals surface area contributed by atoms with Crippen LogP contribution in [0.1, 0.15) is 38.7 Å². The summed E-state index contributed by atoms with van der Waals surface area (Å²) in [5.74, 6) is -3.89. The van der Waals surface area contributed by atoms with Crippen LogP contribution in [0.25, 0.3) is 10.9 Å². The molecular formula is C24H34N6O6. The normalized spacial score (nSPS) is 13.6. The molecule has 0 saturated heterocycles. The van der Waals surface area contributed by atoms with Gasteiger partial charge in [0.15, 0.2) is 0 Å². The van der Waals surface area contributed by atoms with Crippen LogP contribution in [0.5, 0.6) is 0 Å². The van der Waals surface area contributed by atoms with Gasteiger partial charge in [-0.15, -0.1) is 0 Å². The Balaban J connectivity index is 2.11. The summed E-state index contributed by atoms with van der Waals surface area (Å²) in [5.41, 5.74) is 13.1. The molecule has 0 radical (unpaired) electrons. The predicted molar refractivity (Wildman–Crippen MR) is 132 cm³/mol. The molecule has 2 aromatic rings. The second kappa shape index (κ2) is 13.2. The highest BCUT2D eigenvalue weighted by molar-refractivity contribution is 5.94. The Morgan fingerprint density at radius 2 is 1.67 bits per heavy atom. The lowest BCUT2D eigenvalue weighted by Gasteiger charge is -2.24. The molecule has 0 spiro atoms. The van der Waals surface area contributed by atoms with Crippen LogP contribution in [0.3, 0.4) is 0 Å². The molecule has 9 N–H and O–H groups in total. The van der Waals surface area contributed by atoms with E-state index >= 15 is 0 Å². The SMILES string of the molecule is CC(C)CC(NC(=O)C(CCC(N)=O)NC(=O)C(N)Cc1c[nH]c2ccccc12)C(=O)NCC(=O)O. The summed E-state index contributed by atoms with van der Waals surface area (Å²) in [5, 5.41) is 17.1. The zero-order valence-electron chi connectivity index (χ0n) is 20.4. The fourth-order valence-electron chi connectivity index (χ4n) is 3.73. The first-order valence-corrected chi connectivity index (χ1v) is 11.7. The summed E-state index contributed by atoms with van der Waals surface area (Å²) < 4.78 is 0. The van der Waals surface area contributed by atoms with Crippen LogP contribution < -0.4 is 27.4 Å². The lowest BCUT2D eigenvalue weighted by atomic mass is 10.0. The van der Waals surface area contributed by atoms with Crippen molar-refractivity contribution in [3.05, 3.63) is 36.0 Å². The minimum Gasteiger partial charge on any atom is -0.480 e. The van der Waals surface area contributed by atoms with Crippen molar-refractivity contribution in [2.24, 2.45) is 17.4 Å². The molecule has 0 aliphatic rings. The second-order valence-electron chi connectivity index (χ2n) is 9.04. The number of amides is 4. The number of carboxylic acids is 1. The lowest BCUT2D eigenvalue weighted by molar-refractivity contribution is -0.138. The average molecular weight is 503 g/mol. The molecule has 3 unspecified atom stereocenters. The maximum atomic E-state index is 13.0. The van der Waals surface area contributed by atoms with Crippen molar-refractivity contribution in [1.29, 1.82) is 0 Å². The van der Waals surface area contributed by atoms with Gasteiger partial charge in [0, 0.05) is 23.5 Å². The van der Waals surface area contributed by atoms with E-state index in [4.69, 9.17) is 16.6 Å². The number of carbonyl (C=O) groups excluding carboxylic acids is 4. The van der Waals surface area contributed by atoms with E-state index in [1.54, 1.807) is 6.20 Å². The second-order valence-corrected chi connectivity index (χ2v) is 9.04. The third-order valence-electron chi connectivity index (χ3n) is 5.52. The van der Waals surface area contributed by atoms with E-state index in [1.807, 2.05) is 38.1 Å². The topological polar surface area (TPSA) is 209 Å². The molecule has 12 heteroatoms. The number of benzene rings is 1. The molecule has 0 fully saturated rings. The molecule has 3 atom stereocenters. The van der Waals surface area contributed by atoms with Gasteiger partial charge >= 0.3 is 5.97 Å². The van der Waals surface area contributed by atoms with Crippen molar-refractivity contribution in [2.75, 3.05) is 6.54 Å². The number of aromatic amines is 1. The molecule has 0 aliphatic heterocycles. The summed E-state index contributed by atoms with van der Waals surface area (Å²) in [7, 11) is 0. The van der Waals surface area contributed by atoms with Gasteiger partial charge in [-0.25, -0.2) is 0 Å². The molecule has 1 heterocycles. The number of hydrogen-bond donors (Lipinski definition) is 7. The number of nitrogens with two attached hydrogens (primary N) is 2. The maximum Gasteiger partial charge on any atom is 0.322 e. The Morgan fingerprint density at radius 1 is 1.00 bits per heavy atom. The van der Waals surface area contributed by atoms with Gasteiger partial charge in [-0.2, -0.15) is 0 Å². The van der Waals surface area contributed by atoms with Gasteiger partial charge in [-0.3, -0.25) is 24.0 Å². The van der Waals surface area contributed by atoms with Crippen molar-refractivity contribution < 1.29 is 29.1 Å². The summed E-state index contributed by atoms with van der Waals surface area (Å²) in [4.78, 5) is 63.6. The minimum absolute atomic E-state index is 0.00543. The van der Waals surface area contributed by atoms with Crippen LogP contribution in [-0.4, -0.2) is 64.4 Å². The molecule has 36 heavy (non-hydrogen) atoms. The number of H-pyrrole nitrogens is 1. The van der Waals surface area contributed by atoms with Gasteiger partial charge in [0.25, 0.3) is 0 Å². The molecule has 1 aromatic carbocycles. The lowest BCUT2D eigenvalue weighted by Crippen LogP contribution is -2.56. The number of hydrogen-bond acceptors (Lipinski definition) is 6. The van der Waals surface area contributed by atoms with Gasteiger partial charge in [0.05, 0.1) is 6.04 Å². The average Bonchev–Trinajstić information content (AvgIpc) is 3.21. The monoisotopic (exact) mass is 502 g/mol. The van der Waals surface area contributed by atoms with Crippen LogP contribution in [0.15, 0.2) is 30.5 Å². The highest BCUT2D eigenvalue weighted by Gasteiger charge is 2.29. The van der Waals surface area contributed by atoms with Crippen molar-refractivity contribution >= 4 is 40.5 Å². The van der Waals surface area contributed by atoms with Gasteiger partial charge in [-0.1, -0.05) is 32.0 Å². The highest BCUT2D eigenvalue weighted by Crippen LogP contribution is 2.19. The quantitative estimate of drug-likeness (QED) is 0.180. The number of fused-ring (bicyclic) bond motifs is 1. The number of para-hydroxylation sites is 1. The van der Waals surface area contributed by atoms with E-state index in [2.05, 4.69) is 20.9 Å². The Hall–Kier alpha value is -3.93. The molecular weight excluding hydrogens is 468 g/mol. The Morgan fingerprint density at radius 3 is 2.31 bits per heavy atom. The number of carboxylic acid groups (broad SMARTS) is 1. The fraction of sp³-hybridized carbons (Fsp3) is 0.458. The molecule has 196 valence electrons. The van der Waals surface area contributed by atoms with Crippen LogP contribution in [0, 0.1) is 5.92 Å². The van der Waals surface area contributed by atoms with Crippen LogP contribution in [0.4, 0.5) is 0 Å². The highest BCUT2D eigenvalue weighted by atomic mass is 16.4. The van der Waals surface area contributed by atoms with Gasteiger partial charge in [-0.05, 0) is 36.8 Å². The molecule has 0 aliphatic carbocycles. The fourth-order valence-corrected chi connectivity index (χ4v) is 3.73.